The fourth-order valence-corrected chi connectivity index (χ4v) is 3.59. The van der Waals surface area contributed by atoms with Gasteiger partial charge in [-0.2, -0.15) is 0 Å². The van der Waals surface area contributed by atoms with Crippen LogP contribution in [-0.2, 0) is 0 Å². The second-order valence-corrected chi connectivity index (χ2v) is 7.55. The molecule has 8 nitrogen and oxygen atoms in total. The van der Waals surface area contributed by atoms with Crippen molar-refractivity contribution in [2.24, 2.45) is 5.92 Å². The molecule has 1 atom stereocenters. The number of amides is 3. The number of rotatable bonds is 4. The highest BCUT2D eigenvalue weighted by atomic mass is 16.2. The lowest BCUT2D eigenvalue weighted by atomic mass is 10.1. The van der Waals surface area contributed by atoms with Crippen LogP contribution in [0.1, 0.15) is 30.8 Å². The number of aromatic nitrogens is 2. The molecule has 2 bridgehead atoms. The largest absolute Gasteiger partial charge is 0.366 e. The second-order valence-electron chi connectivity index (χ2n) is 7.55. The zero-order chi connectivity index (χ0) is 19.7. The zero-order valence-electron chi connectivity index (χ0n) is 16.1. The number of hydrogen-bond acceptors (Lipinski definition) is 5. The van der Waals surface area contributed by atoms with Gasteiger partial charge in [-0.05, 0) is 36.6 Å². The topological polar surface area (TPSA) is 90.5 Å². The summed E-state index contributed by atoms with van der Waals surface area (Å²) in [7, 11) is 0. The number of pyridine rings is 2. The maximum Gasteiger partial charge on any atom is 0.329 e. The van der Waals surface area contributed by atoms with Crippen LogP contribution in [0.2, 0.25) is 0 Å². The first-order valence-electron chi connectivity index (χ1n) is 9.58. The smallest absolute Gasteiger partial charge is 0.329 e. The quantitative estimate of drug-likeness (QED) is 0.850. The Kier molecular flexibility index (Phi) is 4.85. The van der Waals surface area contributed by atoms with Crippen LogP contribution in [0.3, 0.4) is 0 Å². The maximum atomic E-state index is 13.0. The molecule has 2 N–H and O–H groups in total. The van der Waals surface area contributed by atoms with Crippen molar-refractivity contribution in [1.82, 2.24) is 15.3 Å². The number of carbonyl (C=O) groups is 2. The molecule has 0 spiro atoms. The van der Waals surface area contributed by atoms with Gasteiger partial charge >= 0.3 is 6.03 Å². The highest BCUT2D eigenvalue weighted by molar-refractivity contribution is 6.05. The lowest BCUT2D eigenvalue weighted by Crippen LogP contribution is -2.48. The molecule has 2 aliphatic heterocycles. The van der Waals surface area contributed by atoms with Crippen molar-refractivity contribution in [2.45, 2.75) is 26.3 Å². The van der Waals surface area contributed by atoms with Crippen LogP contribution in [0.25, 0.3) is 0 Å². The van der Waals surface area contributed by atoms with Crippen molar-refractivity contribution < 1.29 is 9.59 Å². The Balaban J connectivity index is 1.63. The molecule has 0 saturated carbocycles. The zero-order valence-corrected chi connectivity index (χ0v) is 16.1. The molecule has 1 fully saturated rings. The van der Waals surface area contributed by atoms with Crippen LogP contribution < -0.4 is 20.4 Å². The number of urea groups is 1. The van der Waals surface area contributed by atoms with E-state index in [1.807, 2.05) is 26.0 Å². The summed E-state index contributed by atoms with van der Waals surface area (Å²) in [5.74, 6) is 1.14. The van der Waals surface area contributed by atoms with Crippen molar-refractivity contribution >= 4 is 29.3 Å². The summed E-state index contributed by atoms with van der Waals surface area (Å²) in [6.45, 7) is 6.29. The first-order chi connectivity index (χ1) is 13.5. The molecule has 2 aromatic heterocycles. The normalized spacial score (nSPS) is 17.5. The Morgan fingerprint density at radius 1 is 1.25 bits per heavy atom. The van der Waals surface area contributed by atoms with E-state index < -0.39 is 0 Å². The molecule has 2 aromatic rings. The lowest BCUT2D eigenvalue weighted by molar-refractivity contribution is 0.0944. The third-order valence-corrected chi connectivity index (χ3v) is 4.97. The summed E-state index contributed by atoms with van der Waals surface area (Å²) >= 11 is 0. The third kappa shape index (κ3) is 3.49. The van der Waals surface area contributed by atoms with E-state index in [9.17, 15) is 9.59 Å². The van der Waals surface area contributed by atoms with Crippen LogP contribution >= 0.6 is 0 Å². The third-order valence-electron chi connectivity index (χ3n) is 4.97. The maximum absolute atomic E-state index is 13.0. The molecule has 1 saturated heterocycles. The van der Waals surface area contributed by atoms with Gasteiger partial charge in [-0.1, -0.05) is 19.9 Å². The van der Waals surface area contributed by atoms with E-state index in [2.05, 4.69) is 25.5 Å². The van der Waals surface area contributed by atoms with Gasteiger partial charge in [0.1, 0.15) is 11.5 Å². The molecule has 28 heavy (non-hydrogen) atoms. The van der Waals surface area contributed by atoms with Gasteiger partial charge in [0, 0.05) is 25.8 Å². The summed E-state index contributed by atoms with van der Waals surface area (Å²) in [4.78, 5) is 38.1. The number of fused-ring (bicyclic) bond motifs is 4. The molecule has 0 radical (unpaired) electrons. The lowest BCUT2D eigenvalue weighted by Gasteiger charge is -2.35. The van der Waals surface area contributed by atoms with E-state index in [4.69, 9.17) is 0 Å². The molecule has 3 amide bonds. The van der Waals surface area contributed by atoms with Crippen LogP contribution in [0, 0.1) is 5.92 Å². The van der Waals surface area contributed by atoms with E-state index in [1.165, 1.54) is 0 Å². The number of nitrogens with zero attached hydrogens (tertiary/aromatic N) is 4. The minimum atomic E-state index is -0.279. The van der Waals surface area contributed by atoms with E-state index >= 15 is 0 Å². The van der Waals surface area contributed by atoms with E-state index in [-0.39, 0.29) is 18.0 Å². The van der Waals surface area contributed by atoms with E-state index in [0.717, 1.165) is 25.2 Å². The van der Waals surface area contributed by atoms with Crippen molar-refractivity contribution in [3.63, 3.8) is 0 Å². The Hall–Kier alpha value is -3.16. The summed E-state index contributed by atoms with van der Waals surface area (Å²) in [5, 5.41) is 5.72. The highest BCUT2D eigenvalue weighted by Crippen LogP contribution is 2.39. The average molecular weight is 380 g/mol. The first kappa shape index (κ1) is 18.2. The van der Waals surface area contributed by atoms with Gasteiger partial charge in [0.25, 0.3) is 5.91 Å². The SMILES string of the molecule is CC(C)CNC(=O)c1ccc2c(n1)N(C(=O)Nc1ccccn1)C1CCN2C1. The van der Waals surface area contributed by atoms with Gasteiger partial charge in [-0.15, -0.1) is 0 Å². The molecule has 0 aromatic carbocycles. The predicted octanol–water partition coefficient (Wildman–Crippen LogP) is 2.49. The van der Waals surface area contributed by atoms with E-state index in [1.54, 1.807) is 29.3 Å². The van der Waals surface area contributed by atoms with Crippen LogP contribution in [0.4, 0.5) is 22.1 Å². The molecule has 4 rings (SSSR count). The fraction of sp³-hybridized carbons (Fsp3) is 0.400. The number of hydrogen-bond donors (Lipinski definition) is 2. The van der Waals surface area contributed by atoms with Gasteiger partial charge in [-0.25, -0.2) is 14.8 Å². The molecular weight excluding hydrogens is 356 g/mol. The molecule has 1 unspecified atom stereocenters. The average Bonchev–Trinajstić information content (AvgIpc) is 3.11. The van der Waals surface area contributed by atoms with Gasteiger partial charge in [0.05, 0.1) is 11.7 Å². The van der Waals surface area contributed by atoms with Crippen molar-refractivity contribution in [2.75, 3.05) is 34.8 Å². The van der Waals surface area contributed by atoms with Crippen molar-refractivity contribution in [1.29, 1.82) is 0 Å². The number of anilines is 3. The minimum absolute atomic E-state index is 0.0256. The Morgan fingerprint density at radius 2 is 2.11 bits per heavy atom. The summed E-state index contributed by atoms with van der Waals surface area (Å²) < 4.78 is 0. The first-order valence-corrected chi connectivity index (χ1v) is 9.58. The second kappa shape index (κ2) is 7.46. The molecule has 8 heteroatoms. The molecule has 4 heterocycles. The van der Waals surface area contributed by atoms with Gasteiger partial charge in [-0.3, -0.25) is 15.0 Å². The summed E-state index contributed by atoms with van der Waals surface area (Å²) in [5.41, 5.74) is 1.20. The van der Waals surface area contributed by atoms with Crippen molar-refractivity contribution in [3.05, 3.63) is 42.2 Å². The monoisotopic (exact) mass is 380 g/mol. The Bertz CT molecular complexity index is 886. The van der Waals surface area contributed by atoms with Crippen LogP contribution in [0.5, 0.6) is 0 Å². The fourth-order valence-electron chi connectivity index (χ4n) is 3.59. The van der Waals surface area contributed by atoms with Crippen LogP contribution in [-0.4, -0.2) is 47.6 Å². The van der Waals surface area contributed by atoms with Gasteiger partial charge in [0.2, 0.25) is 0 Å². The predicted molar refractivity (Wildman–Crippen MR) is 108 cm³/mol. The van der Waals surface area contributed by atoms with E-state index in [0.29, 0.717) is 29.8 Å². The standard InChI is InChI=1S/C20H24N6O2/c1-13(2)11-22-19(27)15-6-7-16-18(23-15)26(14-8-10-25(16)12-14)20(28)24-17-5-3-4-9-21-17/h3-7,9,13-14H,8,10-12H2,1-2H3,(H,22,27)(H,21,24,28). The van der Waals surface area contributed by atoms with Crippen molar-refractivity contribution in [3.8, 4) is 0 Å². The Morgan fingerprint density at radius 3 is 2.86 bits per heavy atom. The Labute approximate surface area is 164 Å². The summed E-state index contributed by atoms with van der Waals surface area (Å²) in [6.07, 6.45) is 2.49. The molecular formula is C20H24N6O2. The molecule has 146 valence electrons. The number of nitrogens with one attached hydrogen (secondary N) is 2. The molecule has 0 aliphatic carbocycles. The highest BCUT2D eigenvalue weighted by Gasteiger charge is 2.40. The van der Waals surface area contributed by atoms with Gasteiger partial charge in [0.15, 0.2) is 5.82 Å². The summed E-state index contributed by atoms with van der Waals surface area (Å²) in [6, 6.07) is 8.71. The van der Waals surface area contributed by atoms with Crippen LogP contribution in [0.15, 0.2) is 36.5 Å². The number of carbonyl (C=O) groups excluding carboxylic acids is 2. The molecule has 2 aliphatic rings. The minimum Gasteiger partial charge on any atom is -0.366 e. The van der Waals surface area contributed by atoms with Gasteiger partial charge < -0.3 is 10.2 Å².